The third-order valence-corrected chi connectivity index (χ3v) is 5.37. The van der Waals surface area contributed by atoms with Crippen molar-refractivity contribution in [3.63, 3.8) is 0 Å². The number of imidazole rings is 1. The van der Waals surface area contributed by atoms with Gasteiger partial charge in [0.25, 0.3) is 0 Å². The van der Waals surface area contributed by atoms with Gasteiger partial charge in [0.05, 0.1) is 22.7 Å². The molecule has 3 atom stereocenters. The van der Waals surface area contributed by atoms with Crippen molar-refractivity contribution in [2.24, 2.45) is 24.8 Å². The molecule has 26 heavy (non-hydrogen) atoms. The van der Waals surface area contributed by atoms with Crippen LogP contribution >= 0.6 is 11.6 Å². The molecule has 1 aliphatic rings. The van der Waals surface area contributed by atoms with Crippen LogP contribution in [0.4, 0.5) is 10.1 Å². The van der Waals surface area contributed by atoms with Crippen molar-refractivity contribution in [3.05, 3.63) is 52.8 Å². The quantitative estimate of drug-likeness (QED) is 0.823. The Bertz CT molecular complexity index is 846. The summed E-state index contributed by atoms with van der Waals surface area (Å²) < 4.78 is 15.2. The summed E-state index contributed by atoms with van der Waals surface area (Å²) in [4.78, 5) is 16.9. The summed E-state index contributed by atoms with van der Waals surface area (Å²) in [6.45, 7) is 4.08. The van der Waals surface area contributed by atoms with Crippen LogP contribution in [-0.4, -0.2) is 15.5 Å². The van der Waals surface area contributed by atoms with Gasteiger partial charge in [-0.15, -0.1) is 0 Å². The number of anilines is 1. The van der Waals surface area contributed by atoms with Gasteiger partial charge in [0.15, 0.2) is 0 Å². The van der Waals surface area contributed by atoms with Gasteiger partial charge >= 0.3 is 0 Å². The summed E-state index contributed by atoms with van der Waals surface area (Å²) in [5, 5.41) is 2.82. The van der Waals surface area contributed by atoms with Crippen LogP contribution in [-0.2, 0) is 18.3 Å². The number of hydrogen-bond donors (Lipinski definition) is 1. The van der Waals surface area contributed by atoms with Crippen LogP contribution in [0.25, 0.3) is 6.08 Å². The number of nitrogens with one attached hydrogen (secondary N) is 1. The van der Waals surface area contributed by atoms with Crippen molar-refractivity contribution in [3.8, 4) is 0 Å². The number of rotatable bonds is 5. The zero-order chi connectivity index (χ0) is 18.8. The number of carbonyl (C=O) groups excluding carboxylic acids is 1. The Morgan fingerprint density at radius 2 is 2.23 bits per heavy atom. The molecular formula is C20H23ClFN3O. The Morgan fingerprint density at radius 1 is 1.46 bits per heavy atom. The fraction of sp³-hybridized carbons (Fsp3) is 0.400. The highest BCUT2D eigenvalue weighted by atomic mass is 35.5. The molecule has 0 saturated carbocycles. The summed E-state index contributed by atoms with van der Waals surface area (Å²) in [5.74, 6) is -0.0265. The van der Waals surface area contributed by atoms with Gasteiger partial charge in [-0.3, -0.25) is 4.79 Å². The van der Waals surface area contributed by atoms with E-state index in [-0.39, 0.29) is 16.8 Å². The van der Waals surface area contributed by atoms with E-state index in [9.17, 15) is 9.18 Å². The van der Waals surface area contributed by atoms with E-state index in [1.54, 1.807) is 0 Å². The molecule has 1 aromatic carbocycles. The van der Waals surface area contributed by atoms with Gasteiger partial charge in [0, 0.05) is 18.7 Å². The Morgan fingerprint density at radius 3 is 2.96 bits per heavy atom. The zero-order valence-corrected chi connectivity index (χ0v) is 15.9. The summed E-state index contributed by atoms with van der Waals surface area (Å²) in [5.41, 5.74) is 2.79. The first-order valence-electron chi connectivity index (χ1n) is 8.79. The molecule has 0 bridgehead atoms. The van der Waals surface area contributed by atoms with E-state index in [4.69, 9.17) is 11.6 Å². The topological polar surface area (TPSA) is 46.9 Å². The van der Waals surface area contributed by atoms with Crippen molar-refractivity contribution < 1.29 is 9.18 Å². The molecule has 1 heterocycles. The van der Waals surface area contributed by atoms with E-state index in [1.165, 1.54) is 18.2 Å². The molecule has 4 nitrogen and oxygen atoms in total. The van der Waals surface area contributed by atoms with Crippen LogP contribution < -0.4 is 5.32 Å². The Kier molecular flexibility index (Phi) is 5.47. The predicted octanol–water partition coefficient (Wildman–Crippen LogP) is 4.70. The molecule has 2 aromatic rings. The number of carbonyl (C=O) groups is 1. The van der Waals surface area contributed by atoms with Crippen LogP contribution in [0.15, 0.2) is 30.6 Å². The van der Waals surface area contributed by atoms with Crippen molar-refractivity contribution in [2.75, 3.05) is 5.32 Å². The summed E-state index contributed by atoms with van der Waals surface area (Å²) in [6, 6.07) is 4.20. The van der Waals surface area contributed by atoms with E-state index in [0.717, 1.165) is 24.2 Å². The Balaban J connectivity index is 1.58. The molecule has 6 heteroatoms. The third-order valence-electron chi connectivity index (χ3n) is 5.08. The van der Waals surface area contributed by atoms with Crippen LogP contribution in [0.2, 0.25) is 5.02 Å². The molecule has 0 aliphatic heterocycles. The SMILES string of the molecule is C[C@H](C[C@H](C)C(=O)Nc1ccc(F)c(Cl)c1)C1C=Cc2c(ncn2C)C1. The number of allylic oxidation sites excluding steroid dienone is 1. The van der Waals surface area contributed by atoms with Gasteiger partial charge in [-0.05, 0) is 49.0 Å². The van der Waals surface area contributed by atoms with Gasteiger partial charge in [-0.25, -0.2) is 9.37 Å². The second kappa shape index (κ2) is 7.62. The van der Waals surface area contributed by atoms with Crippen LogP contribution in [0.5, 0.6) is 0 Å². The van der Waals surface area contributed by atoms with E-state index >= 15 is 0 Å². The normalized spacial score (nSPS) is 18.3. The first kappa shape index (κ1) is 18.6. The van der Waals surface area contributed by atoms with Crippen molar-refractivity contribution in [1.82, 2.24) is 9.55 Å². The van der Waals surface area contributed by atoms with Crippen molar-refractivity contribution >= 4 is 29.3 Å². The average Bonchev–Trinajstić information content (AvgIpc) is 2.98. The zero-order valence-electron chi connectivity index (χ0n) is 15.2. The van der Waals surface area contributed by atoms with E-state index in [0.29, 0.717) is 17.5 Å². The number of hydrogen-bond acceptors (Lipinski definition) is 2. The highest BCUT2D eigenvalue weighted by Gasteiger charge is 2.25. The molecule has 1 N–H and O–H groups in total. The largest absolute Gasteiger partial charge is 0.334 e. The van der Waals surface area contributed by atoms with Crippen LogP contribution in [0, 0.1) is 23.6 Å². The number of nitrogens with zero attached hydrogens (tertiary/aromatic N) is 2. The first-order chi connectivity index (χ1) is 12.3. The fourth-order valence-corrected chi connectivity index (χ4v) is 3.62. The summed E-state index contributed by atoms with van der Waals surface area (Å²) in [7, 11) is 1.99. The van der Waals surface area contributed by atoms with E-state index < -0.39 is 5.82 Å². The maximum atomic E-state index is 13.2. The molecule has 0 spiro atoms. The minimum absolute atomic E-state index is 0.00216. The van der Waals surface area contributed by atoms with Gasteiger partial charge in [-0.1, -0.05) is 31.5 Å². The van der Waals surface area contributed by atoms with Crippen LogP contribution in [0.3, 0.4) is 0 Å². The number of amides is 1. The van der Waals surface area contributed by atoms with Gasteiger partial charge in [-0.2, -0.15) is 0 Å². The minimum atomic E-state index is -0.496. The maximum Gasteiger partial charge on any atom is 0.227 e. The lowest BCUT2D eigenvalue weighted by Crippen LogP contribution is -2.25. The monoisotopic (exact) mass is 375 g/mol. The molecular weight excluding hydrogens is 353 g/mol. The Labute approximate surface area is 158 Å². The van der Waals surface area contributed by atoms with E-state index in [2.05, 4.69) is 29.4 Å². The second-order valence-electron chi connectivity index (χ2n) is 7.15. The van der Waals surface area contributed by atoms with E-state index in [1.807, 2.05) is 24.9 Å². The first-order valence-corrected chi connectivity index (χ1v) is 9.17. The third kappa shape index (κ3) is 3.98. The number of fused-ring (bicyclic) bond motifs is 1. The lowest BCUT2D eigenvalue weighted by atomic mass is 9.81. The van der Waals surface area contributed by atoms with Crippen LogP contribution in [0.1, 0.15) is 31.7 Å². The lowest BCUT2D eigenvalue weighted by Gasteiger charge is -2.25. The fourth-order valence-electron chi connectivity index (χ4n) is 3.43. The highest BCUT2D eigenvalue weighted by molar-refractivity contribution is 6.31. The summed E-state index contributed by atoms with van der Waals surface area (Å²) in [6.07, 6.45) is 7.84. The molecule has 1 unspecified atom stereocenters. The smallest absolute Gasteiger partial charge is 0.227 e. The number of halogens is 2. The number of benzene rings is 1. The molecule has 1 aromatic heterocycles. The standard InChI is InChI=1S/C20H23ClFN3O/c1-12(14-4-7-19-18(9-14)23-11-25(19)3)8-13(2)20(26)24-15-5-6-17(22)16(21)10-15/h4-7,10-14H,8-9H2,1-3H3,(H,24,26)/t12-,13+,14?/m1/s1. The molecule has 0 saturated heterocycles. The van der Waals surface area contributed by atoms with Crippen molar-refractivity contribution in [1.29, 1.82) is 0 Å². The number of aryl methyl sites for hydroxylation is 1. The highest BCUT2D eigenvalue weighted by Crippen LogP contribution is 2.30. The lowest BCUT2D eigenvalue weighted by molar-refractivity contribution is -0.119. The molecule has 0 radical (unpaired) electrons. The molecule has 0 fully saturated rings. The van der Waals surface area contributed by atoms with Crippen molar-refractivity contribution in [2.45, 2.75) is 26.7 Å². The van der Waals surface area contributed by atoms with Gasteiger partial charge < -0.3 is 9.88 Å². The average molecular weight is 376 g/mol. The predicted molar refractivity (Wildman–Crippen MR) is 102 cm³/mol. The maximum absolute atomic E-state index is 13.2. The van der Waals surface area contributed by atoms with Gasteiger partial charge in [0.1, 0.15) is 5.82 Å². The number of aromatic nitrogens is 2. The second-order valence-corrected chi connectivity index (χ2v) is 7.55. The summed E-state index contributed by atoms with van der Waals surface area (Å²) >= 11 is 5.76. The Hall–Kier alpha value is -2.14. The minimum Gasteiger partial charge on any atom is -0.334 e. The molecule has 1 aliphatic carbocycles. The van der Waals surface area contributed by atoms with Gasteiger partial charge in [0.2, 0.25) is 5.91 Å². The molecule has 138 valence electrons. The molecule has 1 amide bonds. The molecule has 3 rings (SSSR count).